The average molecular weight is 415 g/mol. The Labute approximate surface area is 180 Å². The van der Waals surface area contributed by atoms with Crippen LogP contribution >= 0.6 is 0 Å². The van der Waals surface area contributed by atoms with Crippen molar-refractivity contribution in [3.63, 3.8) is 0 Å². The molecule has 3 N–H and O–H groups in total. The Hall–Kier alpha value is -3.61. The summed E-state index contributed by atoms with van der Waals surface area (Å²) in [6, 6.07) is 11.9. The number of rotatable bonds is 5. The Morgan fingerprint density at radius 2 is 1.87 bits per heavy atom. The van der Waals surface area contributed by atoms with E-state index in [4.69, 9.17) is 9.97 Å². The lowest BCUT2D eigenvalue weighted by atomic mass is 10.1. The van der Waals surface area contributed by atoms with Crippen molar-refractivity contribution in [1.82, 2.24) is 19.7 Å². The summed E-state index contributed by atoms with van der Waals surface area (Å²) in [5.74, 6) is 1.57. The number of carbonyl (C=O) groups is 1. The summed E-state index contributed by atoms with van der Waals surface area (Å²) >= 11 is 0. The van der Waals surface area contributed by atoms with Crippen LogP contribution in [0.5, 0.6) is 0 Å². The number of benzene rings is 2. The van der Waals surface area contributed by atoms with Gasteiger partial charge in [0.2, 0.25) is 0 Å². The fourth-order valence-electron chi connectivity index (χ4n) is 3.79. The molecule has 0 atom stereocenters. The molecule has 5 rings (SSSR count). The number of aromatic nitrogens is 3. The highest BCUT2D eigenvalue weighted by molar-refractivity contribution is 5.90. The summed E-state index contributed by atoms with van der Waals surface area (Å²) in [5, 5.41) is 8.89. The maximum Gasteiger partial charge on any atom is 0.318 e. The smallest absolute Gasteiger partial charge is 0.318 e. The predicted molar refractivity (Wildman–Crippen MR) is 125 cm³/mol. The number of anilines is 2. The largest absolute Gasteiger partial charge is 0.367 e. The number of nitrogens with one attached hydrogen (secondary N) is 3. The van der Waals surface area contributed by atoms with Gasteiger partial charge in [-0.25, -0.2) is 14.8 Å². The molecule has 0 unspecified atom stereocenters. The highest BCUT2D eigenvalue weighted by Crippen LogP contribution is 2.32. The lowest BCUT2D eigenvalue weighted by Gasteiger charge is -2.13. The normalized spacial score (nSPS) is 13.5. The van der Waals surface area contributed by atoms with Crippen molar-refractivity contribution < 1.29 is 4.79 Å². The monoisotopic (exact) mass is 414 g/mol. The van der Waals surface area contributed by atoms with Gasteiger partial charge in [-0.1, -0.05) is 12.1 Å². The molecule has 0 spiro atoms. The minimum atomic E-state index is -0.239. The van der Waals surface area contributed by atoms with Gasteiger partial charge < -0.3 is 16.0 Å². The first kappa shape index (κ1) is 19.4. The summed E-state index contributed by atoms with van der Waals surface area (Å²) in [6.45, 7) is 5.17. The quantitative estimate of drug-likeness (QED) is 0.440. The summed E-state index contributed by atoms with van der Waals surface area (Å²) < 4.78 is 2.19. The van der Waals surface area contributed by atoms with E-state index in [1.165, 1.54) is 24.0 Å². The highest BCUT2D eigenvalue weighted by atomic mass is 16.2. The Bertz CT molecular complexity index is 1290. The lowest BCUT2D eigenvalue weighted by Crippen LogP contribution is -2.24. The Morgan fingerprint density at radius 1 is 1.13 bits per heavy atom. The number of fused-ring (bicyclic) bond motifs is 3. The minimum absolute atomic E-state index is 0.239. The zero-order valence-electron chi connectivity index (χ0n) is 18.0. The average Bonchev–Trinajstić information content (AvgIpc) is 3.50. The SMILES string of the molecule is CNC(=O)Nc1ccc(-c2cnc3c(NCC4CC4)nc4cc(C)c(C)cc4n23)cc1. The first-order valence-corrected chi connectivity index (χ1v) is 10.6. The minimum Gasteiger partial charge on any atom is -0.367 e. The van der Waals surface area contributed by atoms with Gasteiger partial charge in [-0.05, 0) is 68.0 Å². The molecule has 0 bridgehead atoms. The van der Waals surface area contributed by atoms with Crippen molar-refractivity contribution >= 4 is 34.2 Å². The number of carbonyl (C=O) groups excluding carboxylic acids is 1. The molecular formula is C24H26N6O. The fraction of sp³-hybridized carbons (Fsp3) is 0.292. The van der Waals surface area contributed by atoms with E-state index in [9.17, 15) is 4.79 Å². The number of amides is 2. The molecule has 1 aliphatic carbocycles. The molecule has 1 saturated carbocycles. The van der Waals surface area contributed by atoms with Gasteiger partial charge in [0.05, 0.1) is 22.9 Å². The molecule has 4 aromatic rings. The van der Waals surface area contributed by atoms with E-state index in [1.54, 1.807) is 7.05 Å². The van der Waals surface area contributed by atoms with E-state index in [-0.39, 0.29) is 6.03 Å². The van der Waals surface area contributed by atoms with Crippen LogP contribution in [0.1, 0.15) is 24.0 Å². The van der Waals surface area contributed by atoms with Gasteiger partial charge >= 0.3 is 6.03 Å². The molecule has 158 valence electrons. The molecule has 2 aromatic heterocycles. The van der Waals surface area contributed by atoms with Gasteiger partial charge in [0, 0.05) is 24.8 Å². The third kappa shape index (κ3) is 3.67. The molecule has 1 aliphatic rings. The second kappa shape index (κ2) is 7.58. The molecule has 1 fully saturated rings. The molecule has 2 heterocycles. The second-order valence-electron chi connectivity index (χ2n) is 8.29. The topological polar surface area (TPSA) is 83.3 Å². The molecule has 31 heavy (non-hydrogen) atoms. The Balaban J connectivity index is 1.64. The number of urea groups is 1. The Kier molecular flexibility index (Phi) is 4.73. The molecule has 7 nitrogen and oxygen atoms in total. The summed E-state index contributed by atoms with van der Waals surface area (Å²) in [7, 11) is 1.60. The van der Waals surface area contributed by atoms with Crippen LogP contribution in [0.3, 0.4) is 0 Å². The van der Waals surface area contributed by atoms with E-state index in [1.807, 2.05) is 30.5 Å². The van der Waals surface area contributed by atoms with Crippen LogP contribution in [0.4, 0.5) is 16.3 Å². The first-order chi connectivity index (χ1) is 15.0. The van der Waals surface area contributed by atoms with Crippen molar-refractivity contribution in [2.45, 2.75) is 26.7 Å². The van der Waals surface area contributed by atoms with Crippen LogP contribution in [0.15, 0.2) is 42.6 Å². The standard InChI is InChI=1S/C24H26N6O/c1-14-10-19-20(11-15(14)2)30-21(17-6-8-18(9-7-17)28-24(31)25-3)13-27-23(30)22(29-19)26-12-16-4-5-16/h6-11,13,16H,4-5,12H2,1-3H3,(H,26,29)(H2,25,28,31). The molecular weight excluding hydrogens is 388 g/mol. The third-order valence-corrected chi connectivity index (χ3v) is 5.96. The maximum atomic E-state index is 11.6. The molecule has 7 heteroatoms. The van der Waals surface area contributed by atoms with Gasteiger partial charge in [0.25, 0.3) is 0 Å². The summed E-state index contributed by atoms with van der Waals surface area (Å²) in [4.78, 5) is 21.2. The zero-order chi connectivity index (χ0) is 21.5. The van der Waals surface area contributed by atoms with Gasteiger partial charge in [-0.15, -0.1) is 0 Å². The highest BCUT2D eigenvalue weighted by Gasteiger charge is 2.22. The van der Waals surface area contributed by atoms with Crippen molar-refractivity contribution in [2.75, 3.05) is 24.2 Å². The van der Waals surface area contributed by atoms with Crippen LogP contribution in [-0.4, -0.2) is 34.0 Å². The Morgan fingerprint density at radius 3 is 2.58 bits per heavy atom. The van der Waals surface area contributed by atoms with E-state index in [0.717, 1.165) is 51.9 Å². The van der Waals surface area contributed by atoms with E-state index in [2.05, 4.69) is 46.3 Å². The van der Waals surface area contributed by atoms with Gasteiger partial charge in [0.1, 0.15) is 0 Å². The van der Waals surface area contributed by atoms with Crippen LogP contribution in [0.2, 0.25) is 0 Å². The molecule has 0 saturated heterocycles. The number of hydrogen-bond donors (Lipinski definition) is 3. The fourth-order valence-corrected chi connectivity index (χ4v) is 3.79. The number of hydrogen-bond acceptors (Lipinski definition) is 4. The van der Waals surface area contributed by atoms with Gasteiger partial charge in [-0.3, -0.25) is 4.40 Å². The van der Waals surface area contributed by atoms with Crippen molar-refractivity contribution in [2.24, 2.45) is 5.92 Å². The number of nitrogens with zero attached hydrogens (tertiary/aromatic N) is 3. The molecule has 0 aliphatic heterocycles. The predicted octanol–water partition coefficient (Wildman–Crippen LogP) is 4.74. The van der Waals surface area contributed by atoms with Gasteiger partial charge in [0.15, 0.2) is 11.5 Å². The van der Waals surface area contributed by atoms with Crippen LogP contribution in [0, 0.1) is 19.8 Å². The van der Waals surface area contributed by atoms with E-state index >= 15 is 0 Å². The van der Waals surface area contributed by atoms with Crippen LogP contribution < -0.4 is 16.0 Å². The lowest BCUT2D eigenvalue weighted by molar-refractivity contribution is 0.254. The second-order valence-corrected chi connectivity index (χ2v) is 8.29. The number of imidazole rings is 1. The van der Waals surface area contributed by atoms with Crippen LogP contribution in [0.25, 0.3) is 27.9 Å². The van der Waals surface area contributed by atoms with Gasteiger partial charge in [-0.2, -0.15) is 0 Å². The summed E-state index contributed by atoms with van der Waals surface area (Å²) in [5.41, 5.74) is 8.01. The molecule has 2 amide bonds. The summed E-state index contributed by atoms with van der Waals surface area (Å²) in [6.07, 6.45) is 4.46. The third-order valence-electron chi connectivity index (χ3n) is 5.96. The van der Waals surface area contributed by atoms with E-state index < -0.39 is 0 Å². The van der Waals surface area contributed by atoms with Crippen LogP contribution in [-0.2, 0) is 0 Å². The molecule has 0 radical (unpaired) electrons. The molecule has 2 aromatic carbocycles. The van der Waals surface area contributed by atoms with Crippen molar-refractivity contribution in [3.8, 4) is 11.3 Å². The first-order valence-electron chi connectivity index (χ1n) is 10.6. The maximum absolute atomic E-state index is 11.6. The van der Waals surface area contributed by atoms with E-state index in [0.29, 0.717) is 0 Å². The van der Waals surface area contributed by atoms with Crippen molar-refractivity contribution in [3.05, 3.63) is 53.7 Å². The zero-order valence-corrected chi connectivity index (χ0v) is 18.0. The van der Waals surface area contributed by atoms with Crippen molar-refractivity contribution in [1.29, 1.82) is 0 Å². The number of aryl methyl sites for hydroxylation is 2.